The van der Waals surface area contributed by atoms with Crippen molar-refractivity contribution in [2.24, 2.45) is 22.7 Å². The minimum absolute atomic E-state index is 0.100. The highest BCUT2D eigenvalue weighted by Crippen LogP contribution is 2.70. The van der Waals surface area contributed by atoms with Crippen molar-refractivity contribution < 1.29 is 115 Å². The molecule has 4 aliphatic carbocycles. The molecule has 0 amide bonds. The number of fused-ring (bicyclic) bond motifs is 5. The van der Waals surface area contributed by atoms with Crippen molar-refractivity contribution in [3.05, 3.63) is 41.7 Å². The van der Waals surface area contributed by atoms with E-state index in [1.165, 1.54) is 13.1 Å². The van der Waals surface area contributed by atoms with Crippen molar-refractivity contribution in [2.45, 2.75) is 317 Å². The largest absolute Gasteiger partial charge is 0.458 e. The molecular weight excluding hydrogens is 1230 g/mol. The number of hydrogen-bond acceptors (Lipinski definition) is 25. The summed E-state index contributed by atoms with van der Waals surface area (Å²) in [5.41, 5.74) is -3.67. The van der Waals surface area contributed by atoms with Gasteiger partial charge >= 0.3 is 5.97 Å². The van der Waals surface area contributed by atoms with Crippen molar-refractivity contribution in [2.75, 3.05) is 42.7 Å². The lowest BCUT2D eigenvalue weighted by atomic mass is 9.43. The van der Waals surface area contributed by atoms with Crippen molar-refractivity contribution in [1.82, 2.24) is 4.98 Å². The van der Waals surface area contributed by atoms with Gasteiger partial charge in [-0.05, 0) is 111 Å². The van der Waals surface area contributed by atoms with Gasteiger partial charge in [-0.3, -0.25) is 9.78 Å². The number of carbonyl (C=O) groups is 2. The third kappa shape index (κ3) is 13.9. The van der Waals surface area contributed by atoms with E-state index < -0.39 is 187 Å². The highest BCUT2D eigenvalue weighted by atomic mass is 16.8. The molecule has 10 aliphatic rings. The van der Waals surface area contributed by atoms with Crippen LogP contribution in [-0.4, -0.2) is 246 Å². The number of aromatic nitrogens is 1. The van der Waals surface area contributed by atoms with E-state index >= 15 is 0 Å². The molecule has 25 nitrogen and oxygen atoms in total. The summed E-state index contributed by atoms with van der Waals surface area (Å²) in [5.74, 6) is -1.76. The molecule has 532 valence electrons. The number of esters is 1. The number of hydrogen-bond donors (Lipinski definition) is 3. The summed E-state index contributed by atoms with van der Waals surface area (Å²) in [5, 5.41) is 36.5. The summed E-state index contributed by atoms with van der Waals surface area (Å²) < 4.78 is 121. The highest BCUT2D eigenvalue weighted by Gasteiger charge is 2.77. The van der Waals surface area contributed by atoms with Gasteiger partial charge in [0.25, 0.3) is 0 Å². The fourth-order valence-corrected chi connectivity index (χ4v) is 18.2. The third-order valence-corrected chi connectivity index (χ3v) is 23.5. The second-order valence-electron chi connectivity index (χ2n) is 28.7. The first-order valence-corrected chi connectivity index (χ1v) is 34.3. The second kappa shape index (κ2) is 29.8. The Bertz CT molecular complexity index is 2720. The Kier molecular flexibility index (Phi) is 23.0. The summed E-state index contributed by atoms with van der Waals surface area (Å²) in [6.45, 7) is 16.9. The molecule has 7 heterocycles. The molecule has 25 heteroatoms. The van der Waals surface area contributed by atoms with Gasteiger partial charge in [0.2, 0.25) is 0 Å². The smallest absolute Gasteiger partial charge is 0.339 e. The quantitative estimate of drug-likeness (QED) is 0.0914. The van der Waals surface area contributed by atoms with Crippen molar-refractivity contribution in [3.63, 3.8) is 0 Å². The minimum Gasteiger partial charge on any atom is -0.458 e. The van der Waals surface area contributed by atoms with Gasteiger partial charge in [-0.1, -0.05) is 25.5 Å². The molecule has 94 heavy (non-hydrogen) atoms. The monoisotopic (exact) mass is 1330 g/mol. The summed E-state index contributed by atoms with van der Waals surface area (Å²) in [6, 6.07) is 3.30. The molecule has 0 bridgehead atoms. The van der Waals surface area contributed by atoms with Crippen LogP contribution in [0.3, 0.4) is 0 Å². The number of ketones is 1. The van der Waals surface area contributed by atoms with E-state index in [-0.39, 0.29) is 42.8 Å². The zero-order valence-corrected chi connectivity index (χ0v) is 57.6. The first-order chi connectivity index (χ1) is 44.8. The lowest BCUT2D eigenvalue weighted by molar-refractivity contribution is -0.355. The number of carbonyl (C=O) groups excluding carboxylic acids is 2. The molecule has 0 unspecified atom stereocenters. The lowest BCUT2D eigenvalue weighted by Crippen LogP contribution is -2.75. The van der Waals surface area contributed by atoms with Gasteiger partial charge in [0, 0.05) is 111 Å². The molecule has 0 aromatic carbocycles. The molecule has 1 aromatic rings. The summed E-state index contributed by atoms with van der Waals surface area (Å²) in [6.07, 6.45) is -3.18. The molecule has 3 N–H and O–H groups in total. The number of pyridine rings is 1. The molecule has 0 spiro atoms. The maximum atomic E-state index is 13.7. The van der Waals surface area contributed by atoms with Crippen LogP contribution in [0.15, 0.2) is 36.2 Å². The van der Waals surface area contributed by atoms with E-state index in [2.05, 4.69) is 18.0 Å². The average Bonchev–Trinajstić information content (AvgIpc) is 1.35. The predicted molar refractivity (Wildman–Crippen MR) is 331 cm³/mol. The van der Waals surface area contributed by atoms with E-state index in [9.17, 15) is 24.9 Å². The molecule has 11 rings (SSSR count). The predicted octanol–water partition coefficient (Wildman–Crippen LogP) is 6.19. The maximum Gasteiger partial charge on any atom is 0.339 e. The van der Waals surface area contributed by atoms with Gasteiger partial charge in [-0.25, -0.2) is 4.79 Å². The van der Waals surface area contributed by atoms with E-state index in [0.29, 0.717) is 64.2 Å². The number of Topliss-reactive ketones (excluding diaryl/α,β-unsaturated/α-hetero) is 1. The van der Waals surface area contributed by atoms with E-state index in [4.69, 9.17) is 90.0 Å². The minimum atomic E-state index is -1.71. The normalized spacial score (nSPS) is 49.0. The third-order valence-electron chi connectivity index (χ3n) is 23.5. The van der Waals surface area contributed by atoms with Crippen LogP contribution in [0, 0.1) is 22.7 Å². The molecule has 3 saturated carbocycles. The Balaban J connectivity index is 0.651. The Morgan fingerprint density at radius 3 is 1.34 bits per heavy atom. The Hall–Kier alpha value is -2.81. The zero-order valence-electron chi connectivity index (χ0n) is 57.6. The summed E-state index contributed by atoms with van der Waals surface area (Å²) in [7, 11) is 9.80. The van der Waals surface area contributed by atoms with Crippen molar-refractivity contribution in [1.29, 1.82) is 0 Å². The van der Waals surface area contributed by atoms with Crippen molar-refractivity contribution in [3.8, 4) is 0 Å². The molecular formula is C69H107NO24. The van der Waals surface area contributed by atoms with Crippen molar-refractivity contribution >= 4 is 11.8 Å². The molecule has 1 aromatic heterocycles. The molecule has 6 saturated heterocycles. The molecule has 9 fully saturated rings. The van der Waals surface area contributed by atoms with Crippen LogP contribution in [0.5, 0.6) is 0 Å². The van der Waals surface area contributed by atoms with E-state index in [0.717, 1.165) is 5.57 Å². The molecule has 0 radical (unpaired) electrons. The van der Waals surface area contributed by atoms with Gasteiger partial charge in [-0.15, -0.1) is 0 Å². The van der Waals surface area contributed by atoms with E-state index in [1.54, 1.807) is 67.9 Å². The zero-order chi connectivity index (χ0) is 67.3. The number of nitrogens with zero attached hydrogens (tertiary/aromatic N) is 1. The van der Waals surface area contributed by atoms with Crippen LogP contribution in [0.2, 0.25) is 0 Å². The van der Waals surface area contributed by atoms with Gasteiger partial charge in [0.1, 0.15) is 59.7 Å². The average molecular weight is 1330 g/mol. The first kappa shape index (κ1) is 72.4. The number of aliphatic hydroxyl groups is 3. The summed E-state index contributed by atoms with van der Waals surface area (Å²) in [4.78, 5) is 31.2. The fourth-order valence-electron chi connectivity index (χ4n) is 18.2. The Morgan fingerprint density at radius 2 is 0.947 bits per heavy atom. The summed E-state index contributed by atoms with van der Waals surface area (Å²) >= 11 is 0. The Labute approximate surface area is 553 Å². The van der Waals surface area contributed by atoms with E-state index in [1.807, 2.05) is 41.5 Å². The van der Waals surface area contributed by atoms with Crippen LogP contribution < -0.4 is 0 Å². The second-order valence-corrected chi connectivity index (χ2v) is 28.7. The number of ether oxygens (including phenoxy) is 19. The van der Waals surface area contributed by atoms with Gasteiger partial charge in [-0.2, -0.15) is 0 Å². The number of methoxy groups -OCH3 is 6. The van der Waals surface area contributed by atoms with Crippen LogP contribution in [-0.2, 0) is 94.8 Å². The first-order valence-electron chi connectivity index (χ1n) is 34.3. The SMILES string of the molecule is CO[C@H]1C[C@H](O[C@H]2[C@@H](OC)C[C@H](O[C@@H]3[C@@H](C)O[C@@H](O[C@@H]4[C@@H](C)O[C@@H](O[C@H]5[C@@H](OC)C[C@H](O[C@H]6[C@@H](OC)C[C@H](O[C@H]7CC[C@@]8(C)C(=CC[C@]9(O)[C@@H]8C[C@@H](OC(=O)c8cccnc8)[C@]8(C)[C@H](C(C)=O)CC[C@@]89O)C7)O[C@@H]6C)O[C@@H]5C)C[C@H]4OC)C[C@H]3OC)O[C@@H]2C)O[C@H](C)[C@H]1O. The number of aliphatic hydroxyl groups excluding tert-OH is 1. The van der Waals surface area contributed by atoms with Crippen LogP contribution >= 0.6 is 0 Å². The van der Waals surface area contributed by atoms with Gasteiger partial charge in [0.15, 0.2) is 37.7 Å². The highest BCUT2D eigenvalue weighted by molar-refractivity contribution is 5.89. The van der Waals surface area contributed by atoms with Crippen LogP contribution in [0.1, 0.15) is 156 Å². The topological polar surface area (TPSA) is 283 Å². The van der Waals surface area contributed by atoms with Gasteiger partial charge < -0.3 is 105 Å². The molecule has 32 atom stereocenters. The van der Waals surface area contributed by atoms with Crippen LogP contribution in [0.25, 0.3) is 0 Å². The fraction of sp³-hybridized carbons (Fsp3) is 0.870. The Morgan fingerprint density at radius 1 is 0.543 bits per heavy atom. The standard InChI is InChI=1S/C69H107NO24/c1-34(71)44-20-23-69(75)67(44,9)52(89-65(73)41-17-16-24-70-33-41)32-51-66(8)21-19-43(25-42(66)18-22-68(51,69)74)88-53-27-46(77-11)60(36(3)83-53)91-55-29-48(79-13)62(38(5)85-55)93-57-31-50(81-15)64(40(7)87-57)94-58-30-49(80-14)63(39(6)86-58)92-56-28-47(78-12)61(37(4)84-56)90-54-26-45(76-10)59(72)35(2)82-54/h16-18,24,33,35-40,43-64,72,74-75H,19-23,25-32H2,1-15H3/t35-,36-,37-,38-,39-,40-,43+,44+,45+,46+,47+,48+,49-,50-,51-,52-,53+,54+,55+,56+,57+,58+,59-,60-,61-,62-,63-,64-,66+,67+,68+,69-/m1/s1. The lowest BCUT2D eigenvalue weighted by Gasteiger charge is -2.66. The molecule has 6 aliphatic heterocycles. The van der Waals surface area contributed by atoms with Gasteiger partial charge in [0.05, 0.1) is 84.9 Å². The maximum absolute atomic E-state index is 13.7. The van der Waals surface area contributed by atoms with Crippen LogP contribution in [0.4, 0.5) is 0 Å². The number of rotatable bonds is 21.